The van der Waals surface area contributed by atoms with E-state index in [0.29, 0.717) is 0 Å². The third-order valence-electron chi connectivity index (χ3n) is 1.41. The van der Waals surface area contributed by atoms with Gasteiger partial charge in [-0.1, -0.05) is 0 Å². The maximum Gasteiger partial charge on any atom is 0.284 e. The predicted molar refractivity (Wildman–Crippen MR) is 43.4 cm³/mol. The molecule has 0 unspecified atom stereocenters. The maximum atomic E-state index is 11.1. The van der Waals surface area contributed by atoms with Gasteiger partial charge in [0.2, 0.25) is 0 Å². The first-order valence-electron chi connectivity index (χ1n) is 3.42. The first kappa shape index (κ1) is 9.11. The van der Waals surface area contributed by atoms with Gasteiger partial charge < -0.3 is 10.7 Å². The molecule has 0 aliphatic heterocycles. The highest BCUT2D eigenvalue weighted by molar-refractivity contribution is 5.94. The Kier molecular flexibility index (Phi) is 2.23. The van der Waals surface area contributed by atoms with Gasteiger partial charge in [0.15, 0.2) is 11.6 Å². The van der Waals surface area contributed by atoms with E-state index in [1.165, 1.54) is 6.92 Å². The second-order valence-electron chi connectivity index (χ2n) is 2.40. The number of Topliss-reactive ketones (excluding diaryl/α,β-unsaturated/α-hetero) is 1. The zero-order valence-corrected chi connectivity index (χ0v) is 6.83. The zero-order chi connectivity index (χ0) is 10.0. The Bertz CT molecular complexity index is 421. The molecular weight excluding hydrogens is 174 g/mol. The topological polar surface area (TPSA) is 106 Å². The third-order valence-corrected chi connectivity index (χ3v) is 1.41. The van der Waals surface area contributed by atoms with E-state index in [-0.39, 0.29) is 11.4 Å². The number of amides is 1. The minimum Gasteiger partial charge on any atom is -0.363 e. The van der Waals surface area contributed by atoms with E-state index in [1.807, 2.05) is 0 Å². The van der Waals surface area contributed by atoms with E-state index in [9.17, 15) is 14.4 Å². The van der Waals surface area contributed by atoms with Crippen LogP contribution in [0.3, 0.4) is 0 Å². The van der Waals surface area contributed by atoms with Crippen molar-refractivity contribution >= 4 is 11.7 Å². The molecule has 0 saturated heterocycles. The fourth-order valence-electron chi connectivity index (χ4n) is 0.771. The summed E-state index contributed by atoms with van der Waals surface area (Å²) in [6, 6.07) is 0. The lowest BCUT2D eigenvalue weighted by Crippen LogP contribution is -2.24. The third kappa shape index (κ3) is 1.78. The van der Waals surface area contributed by atoms with Crippen LogP contribution < -0.4 is 11.3 Å². The molecule has 6 heteroatoms. The summed E-state index contributed by atoms with van der Waals surface area (Å²) in [5.41, 5.74) is 4.10. The van der Waals surface area contributed by atoms with E-state index in [1.54, 1.807) is 0 Å². The molecule has 1 aromatic rings. The van der Waals surface area contributed by atoms with Crippen LogP contribution in [0.25, 0.3) is 0 Å². The standard InChI is InChI=1S/C7H7N3O3/c1-3(11)4-2-9-6(5(8)12)10-7(4)13/h2H,1H3,(H2,8,12)(H,9,10,13). The lowest BCUT2D eigenvalue weighted by atomic mass is 10.2. The summed E-state index contributed by atoms with van der Waals surface area (Å²) in [5, 5.41) is 0. The average molecular weight is 181 g/mol. The summed E-state index contributed by atoms with van der Waals surface area (Å²) in [5.74, 6) is -1.51. The second-order valence-corrected chi connectivity index (χ2v) is 2.40. The largest absolute Gasteiger partial charge is 0.363 e. The Balaban J connectivity index is 3.29. The first-order chi connectivity index (χ1) is 6.02. The monoisotopic (exact) mass is 181 g/mol. The summed E-state index contributed by atoms with van der Waals surface area (Å²) in [6.07, 6.45) is 1.03. The molecule has 0 radical (unpaired) electrons. The minimum absolute atomic E-state index is 0.0926. The number of nitrogens with zero attached hydrogens (tertiary/aromatic N) is 1. The number of carbonyl (C=O) groups is 2. The number of hydrogen-bond acceptors (Lipinski definition) is 4. The number of aromatic nitrogens is 2. The van der Waals surface area contributed by atoms with Crippen molar-refractivity contribution in [1.82, 2.24) is 9.97 Å². The number of nitrogens with one attached hydrogen (secondary N) is 1. The van der Waals surface area contributed by atoms with Gasteiger partial charge in [0.1, 0.15) is 5.56 Å². The fraction of sp³-hybridized carbons (Fsp3) is 0.143. The molecule has 6 nitrogen and oxygen atoms in total. The summed E-state index contributed by atoms with van der Waals surface area (Å²) < 4.78 is 0. The maximum absolute atomic E-state index is 11.1. The van der Waals surface area contributed by atoms with Crippen molar-refractivity contribution in [3.05, 3.63) is 27.9 Å². The van der Waals surface area contributed by atoms with Gasteiger partial charge in [0.25, 0.3) is 11.5 Å². The number of rotatable bonds is 2. The average Bonchev–Trinajstić information content (AvgIpc) is 2.03. The molecular formula is C7H7N3O3. The number of hydrogen-bond donors (Lipinski definition) is 2. The molecule has 0 aromatic carbocycles. The molecule has 1 rings (SSSR count). The first-order valence-corrected chi connectivity index (χ1v) is 3.42. The summed E-state index contributed by atoms with van der Waals surface area (Å²) in [4.78, 5) is 38.0. The number of nitrogens with two attached hydrogens (primary N) is 1. The van der Waals surface area contributed by atoms with Crippen LogP contribution in [0.15, 0.2) is 11.0 Å². The normalized spacial score (nSPS) is 9.62. The van der Waals surface area contributed by atoms with Crippen LogP contribution >= 0.6 is 0 Å². The van der Waals surface area contributed by atoms with Crippen molar-refractivity contribution in [1.29, 1.82) is 0 Å². The Morgan fingerprint density at radius 3 is 2.54 bits per heavy atom. The number of aromatic amines is 1. The lowest BCUT2D eigenvalue weighted by Gasteiger charge is -1.95. The smallest absolute Gasteiger partial charge is 0.284 e. The zero-order valence-electron chi connectivity index (χ0n) is 6.83. The molecule has 0 bridgehead atoms. The van der Waals surface area contributed by atoms with Gasteiger partial charge >= 0.3 is 0 Å². The Morgan fingerprint density at radius 2 is 2.15 bits per heavy atom. The van der Waals surface area contributed by atoms with Crippen LogP contribution in [-0.4, -0.2) is 21.7 Å². The molecule has 0 fully saturated rings. The summed E-state index contributed by atoms with van der Waals surface area (Å²) in [6.45, 7) is 1.23. The molecule has 1 heterocycles. The van der Waals surface area contributed by atoms with Gasteiger partial charge in [-0.3, -0.25) is 14.4 Å². The van der Waals surface area contributed by atoms with Gasteiger partial charge in [-0.15, -0.1) is 0 Å². The van der Waals surface area contributed by atoms with E-state index in [4.69, 9.17) is 5.73 Å². The van der Waals surface area contributed by atoms with Crippen molar-refractivity contribution in [3.8, 4) is 0 Å². The Hall–Kier alpha value is -1.98. The van der Waals surface area contributed by atoms with E-state index >= 15 is 0 Å². The van der Waals surface area contributed by atoms with Crippen LogP contribution in [0.2, 0.25) is 0 Å². The van der Waals surface area contributed by atoms with Gasteiger partial charge in [0.05, 0.1) is 0 Å². The molecule has 68 valence electrons. The Morgan fingerprint density at radius 1 is 1.54 bits per heavy atom. The predicted octanol–water partition coefficient (Wildman–Crippen LogP) is -0.929. The highest BCUT2D eigenvalue weighted by atomic mass is 16.2. The molecule has 1 aromatic heterocycles. The SMILES string of the molecule is CC(=O)c1cnc(C(N)=O)[nH]c1=O. The number of carbonyl (C=O) groups excluding carboxylic acids is 2. The minimum atomic E-state index is -0.841. The Labute approximate surface area is 72.8 Å². The van der Waals surface area contributed by atoms with Crippen LogP contribution in [0.1, 0.15) is 27.9 Å². The van der Waals surface area contributed by atoms with Crippen molar-refractivity contribution in [2.75, 3.05) is 0 Å². The van der Waals surface area contributed by atoms with E-state index in [0.717, 1.165) is 6.20 Å². The number of primary amides is 1. The second kappa shape index (κ2) is 3.18. The highest BCUT2D eigenvalue weighted by Crippen LogP contribution is 1.90. The van der Waals surface area contributed by atoms with Gasteiger partial charge in [0, 0.05) is 6.20 Å². The quantitative estimate of drug-likeness (QED) is 0.575. The highest BCUT2D eigenvalue weighted by Gasteiger charge is 2.09. The van der Waals surface area contributed by atoms with Crippen LogP contribution in [0.5, 0.6) is 0 Å². The molecule has 0 aliphatic carbocycles. The molecule has 0 atom stereocenters. The van der Waals surface area contributed by atoms with Crippen LogP contribution in [0.4, 0.5) is 0 Å². The van der Waals surface area contributed by atoms with Crippen molar-refractivity contribution < 1.29 is 9.59 Å². The van der Waals surface area contributed by atoms with E-state index in [2.05, 4.69) is 9.97 Å². The molecule has 1 amide bonds. The lowest BCUT2D eigenvalue weighted by molar-refractivity contribution is 0.0982. The van der Waals surface area contributed by atoms with Crippen molar-refractivity contribution in [2.24, 2.45) is 5.73 Å². The molecule has 0 aliphatic rings. The van der Waals surface area contributed by atoms with Crippen LogP contribution in [0, 0.1) is 0 Å². The molecule has 0 spiro atoms. The van der Waals surface area contributed by atoms with Crippen molar-refractivity contribution in [3.63, 3.8) is 0 Å². The van der Waals surface area contributed by atoms with Gasteiger partial charge in [-0.25, -0.2) is 4.98 Å². The molecule has 3 N–H and O–H groups in total. The summed E-state index contributed by atoms with van der Waals surface area (Å²) in [7, 11) is 0. The fourth-order valence-corrected chi connectivity index (χ4v) is 0.771. The van der Waals surface area contributed by atoms with Gasteiger partial charge in [-0.2, -0.15) is 0 Å². The van der Waals surface area contributed by atoms with Crippen molar-refractivity contribution in [2.45, 2.75) is 6.92 Å². The summed E-state index contributed by atoms with van der Waals surface area (Å²) >= 11 is 0. The van der Waals surface area contributed by atoms with Gasteiger partial charge in [-0.05, 0) is 6.92 Å². The number of ketones is 1. The molecule has 0 saturated carbocycles. The molecule has 13 heavy (non-hydrogen) atoms. The number of H-pyrrole nitrogens is 1. The van der Waals surface area contributed by atoms with Crippen LogP contribution in [-0.2, 0) is 0 Å². The van der Waals surface area contributed by atoms with E-state index < -0.39 is 17.2 Å².